The first kappa shape index (κ1) is 13.4. The van der Waals surface area contributed by atoms with Crippen molar-refractivity contribution >= 4 is 11.8 Å². The molecule has 2 aliphatic heterocycles. The first-order valence-corrected chi connectivity index (χ1v) is 7.11. The molecule has 102 valence electrons. The first-order chi connectivity index (χ1) is 8.49. The van der Waals surface area contributed by atoms with Crippen LogP contribution < -0.4 is 0 Å². The van der Waals surface area contributed by atoms with E-state index in [0.29, 0.717) is 5.92 Å². The molecule has 0 aromatic rings. The Morgan fingerprint density at radius 2 is 1.94 bits per heavy atom. The van der Waals surface area contributed by atoms with Gasteiger partial charge in [-0.05, 0) is 32.1 Å². The third kappa shape index (κ3) is 1.91. The molecular weight excluding hydrogens is 228 g/mol. The van der Waals surface area contributed by atoms with E-state index in [1.165, 1.54) is 0 Å². The van der Waals surface area contributed by atoms with E-state index in [-0.39, 0.29) is 29.9 Å². The molecule has 2 aliphatic rings. The third-order valence-electron chi connectivity index (χ3n) is 4.40. The maximum Gasteiger partial charge on any atom is 0.246 e. The van der Waals surface area contributed by atoms with Gasteiger partial charge < -0.3 is 9.80 Å². The molecule has 2 amide bonds. The molecule has 18 heavy (non-hydrogen) atoms. The molecule has 0 aliphatic carbocycles. The Morgan fingerprint density at radius 1 is 1.28 bits per heavy atom. The molecule has 0 aromatic carbocycles. The maximum absolute atomic E-state index is 12.6. The van der Waals surface area contributed by atoms with Gasteiger partial charge in [0.25, 0.3) is 0 Å². The normalized spacial score (nSPS) is 30.1. The minimum absolute atomic E-state index is 0.135. The smallest absolute Gasteiger partial charge is 0.246 e. The monoisotopic (exact) mass is 252 g/mol. The summed E-state index contributed by atoms with van der Waals surface area (Å²) in [7, 11) is 0. The molecule has 0 radical (unpaired) electrons. The molecule has 4 nitrogen and oxygen atoms in total. The standard InChI is InChI=1S/C14H24N2O2/c1-5-11(9(2)3)16-10(4)13(17)15-8-6-7-12(15)14(16)18/h9-12H,5-8H2,1-4H3. The van der Waals surface area contributed by atoms with Crippen molar-refractivity contribution in [2.75, 3.05) is 6.54 Å². The second kappa shape index (κ2) is 4.90. The van der Waals surface area contributed by atoms with E-state index in [1.807, 2.05) is 11.8 Å². The molecule has 2 saturated heterocycles. The van der Waals surface area contributed by atoms with Crippen LogP contribution in [0.4, 0.5) is 0 Å². The van der Waals surface area contributed by atoms with E-state index in [9.17, 15) is 9.59 Å². The second-order valence-corrected chi connectivity index (χ2v) is 5.83. The van der Waals surface area contributed by atoms with Crippen LogP contribution in [-0.4, -0.2) is 46.3 Å². The largest absolute Gasteiger partial charge is 0.329 e. The fourth-order valence-electron chi connectivity index (χ4n) is 3.45. The fraction of sp³-hybridized carbons (Fsp3) is 0.857. The van der Waals surface area contributed by atoms with Gasteiger partial charge in [0.1, 0.15) is 12.1 Å². The summed E-state index contributed by atoms with van der Waals surface area (Å²) in [6.45, 7) is 8.97. The van der Waals surface area contributed by atoms with Gasteiger partial charge in [0.2, 0.25) is 11.8 Å². The van der Waals surface area contributed by atoms with Gasteiger partial charge in [0, 0.05) is 12.6 Å². The summed E-state index contributed by atoms with van der Waals surface area (Å²) in [4.78, 5) is 28.6. The van der Waals surface area contributed by atoms with Crippen molar-refractivity contribution < 1.29 is 9.59 Å². The number of amides is 2. The van der Waals surface area contributed by atoms with E-state index in [4.69, 9.17) is 0 Å². The van der Waals surface area contributed by atoms with E-state index >= 15 is 0 Å². The lowest BCUT2D eigenvalue weighted by Crippen LogP contribution is -2.65. The highest BCUT2D eigenvalue weighted by Gasteiger charge is 2.48. The molecule has 2 fully saturated rings. The number of rotatable bonds is 3. The highest BCUT2D eigenvalue weighted by molar-refractivity contribution is 5.97. The quantitative estimate of drug-likeness (QED) is 0.766. The van der Waals surface area contributed by atoms with Crippen LogP contribution in [0.2, 0.25) is 0 Å². The average molecular weight is 252 g/mol. The summed E-state index contributed by atoms with van der Waals surface area (Å²) >= 11 is 0. The number of fused-ring (bicyclic) bond motifs is 1. The van der Waals surface area contributed by atoms with Crippen LogP contribution in [0, 0.1) is 5.92 Å². The lowest BCUT2D eigenvalue weighted by atomic mass is 9.94. The van der Waals surface area contributed by atoms with Crippen LogP contribution in [0.3, 0.4) is 0 Å². The Balaban J connectivity index is 2.29. The Bertz CT molecular complexity index is 354. The molecule has 0 bridgehead atoms. The number of piperazine rings is 1. The van der Waals surface area contributed by atoms with Crippen LogP contribution in [-0.2, 0) is 9.59 Å². The SMILES string of the molecule is CCC(C(C)C)N1C(=O)C2CCCN2C(=O)C1C. The molecule has 4 heteroatoms. The minimum Gasteiger partial charge on any atom is -0.329 e. The average Bonchev–Trinajstić information content (AvgIpc) is 2.80. The van der Waals surface area contributed by atoms with Gasteiger partial charge in [-0.1, -0.05) is 20.8 Å². The molecule has 0 aromatic heterocycles. The number of hydrogen-bond donors (Lipinski definition) is 0. The van der Waals surface area contributed by atoms with E-state index in [2.05, 4.69) is 20.8 Å². The van der Waals surface area contributed by atoms with Crippen LogP contribution in [0.1, 0.15) is 47.0 Å². The van der Waals surface area contributed by atoms with Crippen LogP contribution in [0.25, 0.3) is 0 Å². The molecule has 0 spiro atoms. The number of hydrogen-bond acceptors (Lipinski definition) is 2. The summed E-state index contributed by atoms with van der Waals surface area (Å²) < 4.78 is 0. The van der Waals surface area contributed by atoms with Crippen LogP contribution in [0.5, 0.6) is 0 Å². The maximum atomic E-state index is 12.6. The third-order valence-corrected chi connectivity index (χ3v) is 4.40. The van der Waals surface area contributed by atoms with Crippen molar-refractivity contribution in [2.45, 2.75) is 65.1 Å². The fourth-order valence-corrected chi connectivity index (χ4v) is 3.45. The van der Waals surface area contributed by atoms with E-state index in [1.54, 1.807) is 4.90 Å². The van der Waals surface area contributed by atoms with Gasteiger partial charge in [0.15, 0.2) is 0 Å². The van der Waals surface area contributed by atoms with Crippen LogP contribution >= 0.6 is 0 Å². The first-order valence-electron chi connectivity index (χ1n) is 7.11. The van der Waals surface area contributed by atoms with Crippen molar-refractivity contribution in [1.29, 1.82) is 0 Å². The zero-order chi connectivity index (χ0) is 13.4. The van der Waals surface area contributed by atoms with E-state index < -0.39 is 0 Å². The lowest BCUT2D eigenvalue weighted by Gasteiger charge is -2.45. The second-order valence-electron chi connectivity index (χ2n) is 5.83. The zero-order valence-electron chi connectivity index (χ0n) is 11.8. The highest BCUT2D eigenvalue weighted by atomic mass is 16.2. The van der Waals surface area contributed by atoms with Crippen molar-refractivity contribution in [1.82, 2.24) is 9.80 Å². The van der Waals surface area contributed by atoms with Gasteiger partial charge in [-0.2, -0.15) is 0 Å². The Kier molecular flexibility index (Phi) is 3.64. The van der Waals surface area contributed by atoms with Gasteiger partial charge in [-0.15, -0.1) is 0 Å². The van der Waals surface area contributed by atoms with Gasteiger partial charge in [-0.3, -0.25) is 9.59 Å². The number of carbonyl (C=O) groups excluding carboxylic acids is 2. The van der Waals surface area contributed by atoms with Crippen molar-refractivity contribution in [3.05, 3.63) is 0 Å². The summed E-state index contributed by atoms with van der Waals surface area (Å²) in [5.41, 5.74) is 0. The van der Waals surface area contributed by atoms with Gasteiger partial charge in [-0.25, -0.2) is 0 Å². The predicted molar refractivity (Wildman–Crippen MR) is 70.0 cm³/mol. The summed E-state index contributed by atoms with van der Waals surface area (Å²) in [6, 6.07) is -0.292. The molecule has 3 unspecified atom stereocenters. The minimum atomic E-state index is -0.292. The molecule has 3 atom stereocenters. The predicted octanol–water partition coefficient (Wildman–Crippen LogP) is 1.64. The molecule has 0 N–H and O–H groups in total. The number of carbonyl (C=O) groups is 2. The lowest BCUT2D eigenvalue weighted by molar-refractivity contribution is -0.162. The Labute approximate surface area is 109 Å². The van der Waals surface area contributed by atoms with Crippen molar-refractivity contribution in [3.63, 3.8) is 0 Å². The molecule has 0 saturated carbocycles. The van der Waals surface area contributed by atoms with E-state index in [0.717, 1.165) is 25.8 Å². The molecule has 2 rings (SSSR count). The highest BCUT2D eigenvalue weighted by Crippen LogP contribution is 2.30. The Morgan fingerprint density at radius 3 is 2.50 bits per heavy atom. The number of nitrogens with zero attached hydrogens (tertiary/aromatic N) is 2. The van der Waals surface area contributed by atoms with Gasteiger partial charge in [0.05, 0.1) is 0 Å². The molecular formula is C14H24N2O2. The van der Waals surface area contributed by atoms with Gasteiger partial charge >= 0.3 is 0 Å². The van der Waals surface area contributed by atoms with Crippen molar-refractivity contribution in [3.8, 4) is 0 Å². The summed E-state index contributed by atoms with van der Waals surface area (Å²) in [5.74, 6) is 0.693. The summed E-state index contributed by atoms with van der Waals surface area (Å²) in [6.07, 6.45) is 2.71. The summed E-state index contributed by atoms with van der Waals surface area (Å²) in [5, 5.41) is 0. The van der Waals surface area contributed by atoms with Crippen molar-refractivity contribution in [2.24, 2.45) is 5.92 Å². The topological polar surface area (TPSA) is 40.6 Å². The zero-order valence-corrected chi connectivity index (χ0v) is 11.8. The van der Waals surface area contributed by atoms with Crippen LogP contribution in [0.15, 0.2) is 0 Å². The molecule has 2 heterocycles. The Hall–Kier alpha value is -1.06.